The minimum absolute atomic E-state index is 0.00320. The van der Waals surface area contributed by atoms with Gasteiger partial charge in [-0.1, -0.05) is 18.2 Å². The van der Waals surface area contributed by atoms with E-state index in [-0.39, 0.29) is 30.0 Å². The summed E-state index contributed by atoms with van der Waals surface area (Å²) < 4.78 is 4.92. The summed E-state index contributed by atoms with van der Waals surface area (Å²) in [4.78, 5) is 46.5. The molecule has 0 bridgehead atoms. The Hall–Kier alpha value is -3.55. The first-order chi connectivity index (χ1) is 14.3. The monoisotopic (exact) mass is 410 g/mol. The third-order valence-corrected chi connectivity index (χ3v) is 5.05. The van der Waals surface area contributed by atoms with Crippen LogP contribution in [0.4, 0.5) is 11.4 Å². The fourth-order valence-electron chi connectivity index (χ4n) is 3.37. The van der Waals surface area contributed by atoms with E-state index in [0.29, 0.717) is 11.1 Å². The Balaban J connectivity index is 1.45. The fraction of sp³-hybridized carbons (Fsp3) is 0.318. The van der Waals surface area contributed by atoms with E-state index in [0.717, 1.165) is 19.3 Å². The Bertz CT molecular complexity index is 1010. The van der Waals surface area contributed by atoms with Gasteiger partial charge in [0.05, 0.1) is 17.0 Å². The van der Waals surface area contributed by atoms with E-state index in [9.17, 15) is 24.5 Å². The van der Waals surface area contributed by atoms with E-state index >= 15 is 0 Å². The van der Waals surface area contributed by atoms with Crippen LogP contribution < -0.4 is 5.32 Å². The number of hydrogen-bond donors (Lipinski definition) is 1. The molecule has 156 valence electrons. The van der Waals surface area contributed by atoms with Gasteiger partial charge in [-0.2, -0.15) is 0 Å². The topological polar surface area (TPSA) is 116 Å². The smallest absolute Gasteiger partial charge is 0.306 e. The predicted molar refractivity (Wildman–Crippen MR) is 109 cm³/mol. The fourth-order valence-corrected chi connectivity index (χ4v) is 3.37. The number of amides is 1. The number of nitrogens with one attached hydrogen (secondary N) is 1. The number of benzene rings is 2. The minimum atomic E-state index is -0.657. The number of nitro benzene ring substituents is 1. The molecule has 0 unspecified atom stereocenters. The number of ether oxygens (including phenoxy) is 1. The van der Waals surface area contributed by atoms with Crippen molar-refractivity contribution in [3.63, 3.8) is 0 Å². The van der Waals surface area contributed by atoms with Crippen molar-refractivity contribution < 1.29 is 24.0 Å². The number of non-ortho nitro benzene ring substituents is 1. The van der Waals surface area contributed by atoms with Gasteiger partial charge < -0.3 is 10.1 Å². The molecule has 2 aromatic carbocycles. The molecule has 0 heterocycles. The largest absolute Gasteiger partial charge is 0.456 e. The zero-order chi connectivity index (χ0) is 21.7. The average Bonchev–Trinajstić information content (AvgIpc) is 3.19. The molecule has 0 saturated carbocycles. The maximum atomic E-state index is 12.3. The minimum Gasteiger partial charge on any atom is -0.456 e. The van der Waals surface area contributed by atoms with Crippen molar-refractivity contribution in [1.82, 2.24) is 0 Å². The van der Waals surface area contributed by atoms with Crippen molar-refractivity contribution in [1.29, 1.82) is 0 Å². The molecule has 0 aliphatic heterocycles. The number of ketones is 1. The van der Waals surface area contributed by atoms with Crippen LogP contribution >= 0.6 is 0 Å². The summed E-state index contributed by atoms with van der Waals surface area (Å²) >= 11 is 0. The maximum Gasteiger partial charge on any atom is 0.306 e. The van der Waals surface area contributed by atoms with Crippen molar-refractivity contribution in [2.75, 3.05) is 11.9 Å². The van der Waals surface area contributed by atoms with E-state index in [1.165, 1.54) is 29.3 Å². The highest BCUT2D eigenvalue weighted by molar-refractivity contribution is 5.98. The number of Topliss-reactive ketones (excluding diaryl/α,β-unsaturated/α-hetero) is 1. The zero-order valence-electron chi connectivity index (χ0n) is 16.6. The molecule has 8 nitrogen and oxygen atoms in total. The number of rotatable bonds is 8. The summed E-state index contributed by atoms with van der Waals surface area (Å²) in [5.41, 5.74) is 3.81. The van der Waals surface area contributed by atoms with Crippen LogP contribution in [0.5, 0.6) is 0 Å². The number of nitro groups is 1. The van der Waals surface area contributed by atoms with Crippen LogP contribution in [0.3, 0.4) is 0 Å². The van der Waals surface area contributed by atoms with Crippen molar-refractivity contribution in [2.24, 2.45) is 0 Å². The first kappa shape index (κ1) is 21.2. The molecule has 3 rings (SSSR count). The van der Waals surface area contributed by atoms with Crippen LogP contribution in [0, 0.1) is 17.0 Å². The summed E-state index contributed by atoms with van der Waals surface area (Å²) in [5.74, 6) is -1.41. The molecule has 8 heteroatoms. The second-order valence-electron chi connectivity index (χ2n) is 7.23. The van der Waals surface area contributed by atoms with Gasteiger partial charge in [0, 0.05) is 24.1 Å². The van der Waals surface area contributed by atoms with Gasteiger partial charge in [-0.3, -0.25) is 24.5 Å². The first-order valence-electron chi connectivity index (χ1n) is 9.69. The Morgan fingerprint density at radius 2 is 1.83 bits per heavy atom. The van der Waals surface area contributed by atoms with Crippen LogP contribution in [0.2, 0.25) is 0 Å². The number of hydrogen-bond acceptors (Lipinski definition) is 6. The van der Waals surface area contributed by atoms with Gasteiger partial charge in [-0.05, 0) is 48.9 Å². The molecule has 1 aliphatic carbocycles. The zero-order valence-corrected chi connectivity index (χ0v) is 16.6. The molecule has 0 atom stereocenters. The van der Waals surface area contributed by atoms with Gasteiger partial charge in [0.25, 0.3) is 11.6 Å². The summed E-state index contributed by atoms with van der Waals surface area (Å²) in [6, 6.07) is 9.74. The number of carbonyl (C=O) groups excluding carboxylic acids is 3. The number of anilines is 1. The van der Waals surface area contributed by atoms with Gasteiger partial charge in [0.1, 0.15) is 0 Å². The summed E-state index contributed by atoms with van der Waals surface area (Å²) in [6.45, 7) is 1.16. The van der Waals surface area contributed by atoms with Crippen LogP contribution in [-0.4, -0.2) is 29.2 Å². The van der Waals surface area contributed by atoms with Crippen LogP contribution in [0.1, 0.15) is 46.3 Å². The highest BCUT2D eigenvalue weighted by atomic mass is 16.6. The maximum absolute atomic E-state index is 12.3. The third kappa shape index (κ3) is 5.28. The molecular weight excluding hydrogens is 388 g/mol. The Morgan fingerprint density at radius 3 is 2.60 bits per heavy atom. The van der Waals surface area contributed by atoms with Gasteiger partial charge in [0.15, 0.2) is 12.4 Å². The van der Waals surface area contributed by atoms with Crippen LogP contribution in [0.25, 0.3) is 0 Å². The SMILES string of the molecule is Cc1ccc([N+](=O)[O-])cc1NC(=O)COC(=O)CCC(=O)c1ccc2c(c1)CCC2. The average molecular weight is 410 g/mol. The van der Waals surface area contributed by atoms with Gasteiger partial charge in [0.2, 0.25) is 0 Å². The van der Waals surface area contributed by atoms with E-state index in [2.05, 4.69) is 5.32 Å². The van der Waals surface area contributed by atoms with Crippen molar-refractivity contribution in [3.8, 4) is 0 Å². The lowest BCUT2D eigenvalue weighted by Crippen LogP contribution is -2.21. The predicted octanol–water partition coefficient (Wildman–Crippen LogP) is 3.54. The number of esters is 1. The standard InChI is InChI=1S/C22H22N2O6/c1-14-5-8-18(24(28)29)12-19(14)23-21(26)13-30-22(27)10-9-20(25)17-7-6-15-3-2-4-16(15)11-17/h5-8,11-12H,2-4,9-10,13H2,1H3,(H,23,26). The number of nitrogens with zero attached hydrogens (tertiary/aromatic N) is 1. The van der Waals surface area contributed by atoms with Crippen LogP contribution in [0.15, 0.2) is 36.4 Å². The lowest BCUT2D eigenvalue weighted by Gasteiger charge is -2.09. The summed E-state index contributed by atoms with van der Waals surface area (Å²) in [7, 11) is 0. The molecule has 1 N–H and O–H groups in total. The highest BCUT2D eigenvalue weighted by Gasteiger charge is 2.16. The second kappa shape index (κ2) is 9.30. The van der Waals surface area contributed by atoms with E-state index in [1.54, 1.807) is 13.0 Å². The van der Waals surface area contributed by atoms with E-state index in [1.807, 2.05) is 12.1 Å². The normalized spacial score (nSPS) is 12.2. The van der Waals surface area contributed by atoms with Gasteiger partial charge in [-0.25, -0.2) is 0 Å². The molecular formula is C22H22N2O6. The molecule has 2 aromatic rings. The number of aryl methyl sites for hydroxylation is 3. The Morgan fingerprint density at radius 1 is 1.07 bits per heavy atom. The van der Waals surface area contributed by atoms with Crippen molar-refractivity contribution in [3.05, 3.63) is 68.8 Å². The lowest BCUT2D eigenvalue weighted by atomic mass is 10.0. The summed E-state index contributed by atoms with van der Waals surface area (Å²) in [5, 5.41) is 13.3. The molecule has 0 saturated heterocycles. The first-order valence-corrected chi connectivity index (χ1v) is 9.69. The summed E-state index contributed by atoms with van der Waals surface area (Å²) in [6.07, 6.45) is 2.98. The molecule has 1 aliphatic rings. The van der Waals surface area contributed by atoms with Crippen LogP contribution in [-0.2, 0) is 27.2 Å². The Labute approximate surface area is 173 Å². The molecule has 1 amide bonds. The molecule has 0 spiro atoms. The third-order valence-electron chi connectivity index (χ3n) is 5.05. The van der Waals surface area contributed by atoms with Crippen molar-refractivity contribution in [2.45, 2.75) is 39.0 Å². The molecule has 0 aromatic heterocycles. The van der Waals surface area contributed by atoms with Gasteiger partial charge >= 0.3 is 5.97 Å². The van der Waals surface area contributed by atoms with Crippen molar-refractivity contribution >= 4 is 29.0 Å². The van der Waals surface area contributed by atoms with Gasteiger partial charge in [-0.15, -0.1) is 0 Å². The molecule has 0 radical (unpaired) electrons. The quantitative estimate of drug-likeness (QED) is 0.308. The Kier molecular flexibility index (Phi) is 6.56. The molecule has 0 fully saturated rings. The number of fused-ring (bicyclic) bond motifs is 1. The number of carbonyl (C=O) groups is 3. The van der Waals surface area contributed by atoms with E-state index in [4.69, 9.17) is 4.74 Å². The second-order valence-corrected chi connectivity index (χ2v) is 7.23. The highest BCUT2D eigenvalue weighted by Crippen LogP contribution is 2.24. The lowest BCUT2D eigenvalue weighted by molar-refractivity contribution is -0.384. The molecule has 30 heavy (non-hydrogen) atoms. The van der Waals surface area contributed by atoms with E-state index < -0.39 is 23.4 Å².